The van der Waals surface area contributed by atoms with E-state index in [4.69, 9.17) is 4.52 Å². The molecule has 1 N–H and O–H groups in total. The number of imidazole rings is 1. The van der Waals surface area contributed by atoms with Crippen molar-refractivity contribution in [2.45, 2.75) is 12.8 Å². The molecule has 1 aromatic carbocycles. The maximum Gasteiger partial charge on any atom is 0.227 e. The molecule has 31 heavy (non-hydrogen) atoms. The normalized spacial score (nSPS) is 11.0. The number of carbonyl (C=O) groups excluding carboxylic acids is 1. The second-order valence-electron chi connectivity index (χ2n) is 6.78. The van der Waals surface area contributed by atoms with Gasteiger partial charge in [0.25, 0.3) is 0 Å². The smallest absolute Gasteiger partial charge is 0.227 e. The Balaban J connectivity index is 1.20. The maximum atomic E-state index is 12.3. The third kappa shape index (κ3) is 4.01. The number of amides is 1. The highest BCUT2D eigenvalue weighted by molar-refractivity contribution is 5.90. The lowest BCUT2D eigenvalue weighted by Crippen LogP contribution is -2.12. The van der Waals surface area contributed by atoms with Crippen molar-refractivity contribution in [2.75, 3.05) is 5.32 Å². The number of hydrogen-bond acceptors (Lipinski definition) is 7. The lowest BCUT2D eigenvalue weighted by molar-refractivity contribution is -0.116. The summed E-state index contributed by atoms with van der Waals surface area (Å²) in [5.41, 5.74) is 3.10. The molecule has 0 saturated heterocycles. The van der Waals surface area contributed by atoms with Gasteiger partial charge in [0.1, 0.15) is 17.8 Å². The van der Waals surface area contributed by atoms with Crippen LogP contribution in [-0.2, 0) is 11.2 Å². The fourth-order valence-corrected chi connectivity index (χ4v) is 3.14. The van der Waals surface area contributed by atoms with E-state index in [0.717, 1.165) is 16.9 Å². The van der Waals surface area contributed by atoms with Crippen molar-refractivity contribution >= 4 is 22.6 Å². The summed E-state index contributed by atoms with van der Waals surface area (Å²) >= 11 is 0. The summed E-state index contributed by atoms with van der Waals surface area (Å²) in [5, 5.41) is 6.74. The molecular formula is C22H17N7O2. The Bertz CT molecular complexity index is 1330. The first-order valence-corrected chi connectivity index (χ1v) is 9.68. The highest BCUT2D eigenvalue weighted by Gasteiger charge is 2.12. The van der Waals surface area contributed by atoms with Crippen molar-refractivity contribution in [1.29, 1.82) is 0 Å². The van der Waals surface area contributed by atoms with Crippen LogP contribution in [0.3, 0.4) is 0 Å². The molecule has 0 aliphatic rings. The summed E-state index contributed by atoms with van der Waals surface area (Å²) in [6, 6.07) is 16.9. The molecule has 5 aromatic rings. The molecule has 1 amide bonds. The SMILES string of the molecule is O=C(CCc1nc(-c2ccccn2)no1)Nc1ccc(-n2cnc3ccccc32)nc1. The van der Waals surface area contributed by atoms with Crippen molar-refractivity contribution in [3.63, 3.8) is 0 Å². The number of nitrogens with one attached hydrogen (secondary N) is 1. The van der Waals surface area contributed by atoms with Crippen molar-refractivity contribution < 1.29 is 9.32 Å². The number of fused-ring (bicyclic) bond motifs is 1. The van der Waals surface area contributed by atoms with Crippen LogP contribution in [0.25, 0.3) is 28.4 Å². The minimum Gasteiger partial charge on any atom is -0.339 e. The van der Waals surface area contributed by atoms with Crippen LogP contribution in [0, 0.1) is 0 Å². The number of hydrogen-bond donors (Lipinski definition) is 1. The molecule has 152 valence electrons. The zero-order valence-corrected chi connectivity index (χ0v) is 16.3. The summed E-state index contributed by atoms with van der Waals surface area (Å²) in [7, 11) is 0. The number of aromatic nitrogens is 6. The number of para-hydroxylation sites is 2. The minimum atomic E-state index is -0.166. The Morgan fingerprint density at radius 3 is 2.74 bits per heavy atom. The average Bonchev–Trinajstić information content (AvgIpc) is 3.46. The van der Waals surface area contributed by atoms with E-state index in [1.165, 1.54) is 0 Å². The first-order valence-electron chi connectivity index (χ1n) is 9.68. The Morgan fingerprint density at radius 2 is 1.90 bits per heavy atom. The van der Waals surface area contributed by atoms with E-state index in [9.17, 15) is 4.79 Å². The summed E-state index contributed by atoms with van der Waals surface area (Å²) in [4.78, 5) is 29.6. The number of anilines is 1. The largest absolute Gasteiger partial charge is 0.339 e. The summed E-state index contributed by atoms with van der Waals surface area (Å²) < 4.78 is 7.11. The van der Waals surface area contributed by atoms with E-state index < -0.39 is 0 Å². The molecule has 4 heterocycles. The summed E-state index contributed by atoms with van der Waals surface area (Å²) in [5.74, 6) is 1.35. The van der Waals surface area contributed by atoms with Crippen LogP contribution in [0.5, 0.6) is 0 Å². The lowest BCUT2D eigenvalue weighted by atomic mass is 10.3. The fourth-order valence-electron chi connectivity index (χ4n) is 3.14. The highest BCUT2D eigenvalue weighted by atomic mass is 16.5. The van der Waals surface area contributed by atoms with Gasteiger partial charge in [-0.3, -0.25) is 14.3 Å². The topological polar surface area (TPSA) is 112 Å². The van der Waals surface area contributed by atoms with Gasteiger partial charge < -0.3 is 9.84 Å². The molecule has 0 radical (unpaired) electrons. The molecule has 0 spiro atoms. The number of pyridine rings is 2. The van der Waals surface area contributed by atoms with Gasteiger partial charge in [-0.2, -0.15) is 4.98 Å². The van der Waals surface area contributed by atoms with Gasteiger partial charge in [-0.1, -0.05) is 23.4 Å². The molecule has 0 saturated carbocycles. The predicted octanol–water partition coefficient (Wildman–Crippen LogP) is 3.44. The Kier molecular flexibility index (Phi) is 4.89. The van der Waals surface area contributed by atoms with Crippen LogP contribution in [0.15, 0.2) is 77.8 Å². The van der Waals surface area contributed by atoms with Crippen LogP contribution in [0.4, 0.5) is 5.69 Å². The molecule has 0 fully saturated rings. The Morgan fingerprint density at radius 1 is 1.00 bits per heavy atom. The van der Waals surface area contributed by atoms with Gasteiger partial charge in [-0.15, -0.1) is 0 Å². The molecule has 0 atom stereocenters. The fraction of sp³-hybridized carbons (Fsp3) is 0.0909. The monoisotopic (exact) mass is 411 g/mol. The van der Waals surface area contributed by atoms with E-state index in [1.54, 1.807) is 30.9 Å². The number of carbonyl (C=O) groups is 1. The third-order valence-electron chi connectivity index (χ3n) is 4.66. The second kappa shape index (κ2) is 8.15. The minimum absolute atomic E-state index is 0.166. The van der Waals surface area contributed by atoms with Gasteiger partial charge in [0.05, 0.1) is 22.9 Å². The summed E-state index contributed by atoms with van der Waals surface area (Å²) in [6.07, 6.45) is 5.55. The number of benzene rings is 1. The van der Waals surface area contributed by atoms with Gasteiger partial charge in [-0.05, 0) is 36.4 Å². The van der Waals surface area contributed by atoms with Crippen LogP contribution in [0.2, 0.25) is 0 Å². The molecule has 4 aromatic heterocycles. The maximum absolute atomic E-state index is 12.3. The quantitative estimate of drug-likeness (QED) is 0.455. The van der Waals surface area contributed by atoms with Crippen LogP contribution < -0.4 is 5.32 Å². The molecule has 0 aliphatic heterocycles. The van der Waals surface area contributed by atoms with E-state index in [0.29, 0.717) is 29.5 Å². The predicted molar refractivity (Wildman–Crippen MR) is 113 cm³/mol. The first kappa shape index (κ1) is 18.6. The van der Waals surface area contributed by atoms with E-state index in [2.05, 4.69) is 30.4 Å². The van der Waals surface area contributed by atoms with Gasteiger partial charge in [-0.25, -0.2) is 9.97 Å². The number of aryl methyl sites for hydroxylation is 1. The number of rotatable bonds is 6. The second-order valence-corrected chi connectivity index (χ2v) is 6.78. The molecule has 0 unspecified atom stereocenters. The van der Waals surface area contributed by atoms with E-state index >= 15 is 0 Å². The van der Waals surface area contributed by atoms with Crippen molar-refractivity contribution in [3.8, 4) is 17.3 Å². The highest BCUT2D eigenvalue weighted by Crippen LogP contribution is 2.18. The van der Waals surface area contributed by atoms with Gasteiger partial charge >= 0.3 is 0 Å². The summed E-state index contributed by atoms with van der Waals surface area (Å²) in [6.45, 7) is 0. The average molecular weight is 411 g/mol. The molecule has 5 rings (SSSR count). The van der Waals surface area contributed by atoms with Crippen LogP contribution in [-0.4, -0.2) is 35.6 Å². The van der Waals surface area contributed by atoms with Gasteiger partial charge in [0.2, 0.25) is 17.6 Å². The first-order chi connectivity index (χ1) is 15.3. The zero-order valence-electron chi connectivity index (χ0n) is 16.3. The zero-order chi connectivity index (χ0) is 21.0. The third-order valence-corrected chi connectivity index (χ3v) is 4.66. The number of nitrogens with zero attached hydrogens (tertiary/aromatic N) is 6. The molecular weight excluding hydrogens is 394 g/mol. The van der Waals surface area contributed by atoms with Crippen molar-refractivity contribution in [2.24, 2.45) is 0 Å². The van der Waals surface area contributed by atoms with Crippen LogP contribution in [0.1, 0.15) is 12.3 Å². The molecule has 9 heteroatoms. The van der Waals surface area contributed by atoms with Crippen molar-refractivity contribution in [1.82, 2.24) is 29.7 Å². The lowest BCUT2D eigenvalue weighted by Gasteiger charge is -2.06. The van der Waals surface area contributed by atoms with Gasteiger partial charge in [0.15, 0.2) is 0 Å². The molecule has 0 aliphatic carbocycles. The van der Waals surface area contributed by atoms with Crippen LogP contribution >= 0.6 is 0 Å². The van der Waals surface area contributed by atoms with E-state index in [-0.39, 0.29) is 12.3 Å². The molecule has 0 bridgehead atoms. The Labute approximate surface area is 176 Å². The standard InChI is InChI=1S/C22H17N7O2/c30-20(10-11-21-27-22(28-31-21)17-6-3-4-12-23-17)26-15-8-9-19(24-13-15)29-14-25-16-5-1-2-7-18(16)29/h1-9,12-14H,10-11H2,(H,26,30). The molecule has 9 nitrogen and oxygen atoms in total. The van der Waals surface area contributed by atoms with Gasteiger partial charge in [0, 0.05) is 19.0 Å². The Hall–Kier alpha value is -4.40. The van der Waals surface area contributed by atoms with Crippen molar-refractivity contribution in [3.05, 3.63) is 79.2 Å². The van der Waals surface area contributed by atoms with E-state index in [1.807, 2.05) is 47.0 Å².